The highest BCUT2D eigenvalue weighted by atomic mass is 79.9. The van der Waals surface area contributed by atoms with Gasteiger partial charge in [-0.05, 0) is 58.7 Å². The molecule has 0 aliphatic carbocycles. The van der Waals surface area contributed by atoms with Gasteiger partial charge in [-0.2, -0.15) is 0 Å². The first-order valence-electron chi connectivity index (χ1n) is 6.02. The lowest BCUT2D eigenvalue weighted by Gasteiger charge is -2.11. The average Bonchev–Trinajstić information content (AvgIpc) is 2.42. The van der Waals surface area contributed by atoms with Crippen molar-refractivity contribution in [2.75, 3.05) is 18.2 Å². The maximum atomic E-state index is 12.2. The van der Waals surface area contributed by atoms with Crippen molar-refractivity contribution in [2.24, 2.45) is 0 Å². The van der Waals surface area contributed by atoms with Crippen LogP contribution in [-0.2, 0) is 0 Å². The van der Waals surface area contributed by atoms with E-state index in [1.165, 1.54) is 0 Å². The minimum atomic E-state index is -0.213. The molecule has 2 aromatic rings. The molecule has 1 amide bonds. The lowest BCUT2D eigenvalue weighted by Crippen LogP contribution is -2.13. The number of halogens is 1. The van der Waals surface area contributed by atoms with E-state index in [4.69, 9.17) is 10.5 Å². The molecule has 20 heavy (non-hydrogen) atoms. The van der Waals surface area contributed by atoms with Gasteiger partial charge in [0.15, 0.2) is 0 Å². The summed E-state index contributed by atoms with van der Waals surface area (Å²) in [6.07, 6.45) is 0. The molecule has 0 aliphatic heterocycles. The molecule has 0 radical (unpaired) electrons. The zero-order valence-electron chi connectivity index (χ0n) is 11.2. The molecule has 0 saturated heterocycles. The molecule has 2 aromatic carbocycles. The number of carbonyl (C=O) groups is 1. The zero-order chi connectivity index (χ0) is 14.7. The number of aryl methyl sites for hydroxylation is 1. The Hall–Kier alpha value is -2.01. The van der Waals surface area contributed by atoms with Crippen molar-refractivity contribution in [1.82, 2.24) is 0 Å². The van der Waals surface area contributed by atoms with E-state index in [9.17, 15) is 4.79 Å². The van der Waals surface area contributed by atoms with E-state index in [2.05, 4.69) is 21.2 Å². The average molecular weight is 335 g/mol. The number of methoxy groups -OCH3 is 1. The van der Waals surface area contributed by atoms with Crippen LogP contribution in [0.25, 0.3) is 0 Å². The van der Waals surface area contributed by atoms with E-state index in [-0.39, 0.29) is 5.91 Å². The summed E-state index contributed by atoms with van der Waals surface area (Å²) >= 11 is 3.31. The fraction of sp³-hybridized carbons (Fsp3) is 0.133. The van der Waals surface area contributed by atoms with Crippen LogP contribution in [-0.4, -0.2) is 13.0 Å². The Morgan fingerprint density at radius 1 is 1.25 bits per heavy atom. The predicted octanol–water partition coefficient (Wildman–Crippen LogP) is 3.60. The summed E-state index contributed by atoms with van der Waals surface area (Å²) in [6.45, 7) is 1.95. The number of nitrogens with two attached hydrogens (primary N) is 1. The number of carbonyl (C=O) groups excluding carboxylic acids is 1. The van der Waals surface area contributed by atoms with Crippen LogP contribution in [0.1, 0.15) is 15.9 Å². The van der Waals surface area contributed by atoms with Gasteiger partial charge < -0.3 is 15.8 Å². The van der Waals surface area contributed by atoms with Crippen LogP contribution >= 0.6 is 15.9 Å². The zero-order valence-corrected chi connectivity index (χ0v) is 12.8. The van der Waals surface area contributed by atoms with Gasteiger partial charge in [-0.25, -0.2) is 0 Å². The molecule has 0 fully saturated rings. The topological polar surface area (TPSA) is 64.3 Å². The van der Waals surface area contributed by atoms with Crippen LogP contribution in [0.3, 0.4) is 0 Å². The molecule has 0 spiro atoms. The van der Waals surface area contributed by atoms with Gasteiger partial charge >= 0.3 is 0 Å². The molecular formula is C15H15BrN2O2. The molecule has 104 valence electrons. The maximum absolute atomic E-state index is 12.2. The van der Waals surface area contributed by atoms with Crippen LogP contribution in [0.4, 0.5) is 11.4 Å². The largest absolute Gasteiger partial charge is 0.495 e. The quantitative estimate of drug-likeness (QED) is 0.843. The Morgan fingerprint density at radius 2 is 2.00 bits per heavy atom. The van der Waals surface area contributed by atoms with Crippen molar-refractivity contribution in [3.63, 3.8) is 0 Å². The van der Waals surface area contributed by atoms with Gasteiger partial charge in [-0.1, -0.05) is 6.07 Å². The Labute approximate surface area is 126 Å². The number of amides is 1. The fourth-order valence-corrected chi connectivity index (χ4v) is 2.16. The van der Waals surface area contributed by atoms with Gasteiger partial charge in [-0.3, -0.25) is 4.79 Å². The van der Waals surface area contributed by atoms with Gasteiger partial charge in [-0.15, -0.1) is 0 Å². The molecule has 0 aliphatic rings. The summed E-state index contributed by atoms with van der Waals surface area (Å²) in [4.78, 5) is 12.2. The second kappa shape index (κ2) is 5.96. The van der Waals surface area contributed by atoms with Gasteiger partial charge in [0.2, 0.25) is 0 Å². The van der Waals surface area contributed by atoms with Crippen LogP contribution in [0, 0.1) is 6.92 Å². The van der Waals surface area contributed by atoms with Gasteiger partial charge in [0.1, 0.15) is 5.75 Å². The molecular weight excluding hydrogens is 320 g/mol. The SMILES string of the molecule is COc1ccc(C)cc1NC(=O)c1ccc(N)c(Br)c1. The number of nitrogens with one attached hydrogen (secondary N) is 1. The summed E-state index contributed by atoms with van der Waals surface area (Å²) in [5.41, 5.74) is 8.51. The first kappa shape index (κ1) is 14.4. The van der Waals surface area contributed by atoms with Gasteiger partial charge in [0.05, 0.1) is 12.8 Å². The maximum Gasteiger partial charge on any atom is 0.255 e. The van der Waals surface area contributed by atoms with Crippen LogP contribution in [0.15, 0.2) is 40.9 Å². The van der Waals surface area contributed by atoms with E-state index in [0.717, 1.165) is 5.56 Å². The van der Waals surface area contributed by atoms with Gasteiger partial charge in [0.25, 0.3) is 5.91 Å². The Bertz CT molecular complexity index is 656. The summed E-state index contributed by atoms with van der Waals surface area (Å²) in [5.74, 6) is 0.410. The van der Waals surface area contributed by atoms with Crippen molar-refractivity contribution in [3.05, 3.63) is 52.0 Å². The first-order chi connectivity index (χ1) is 9.51. The fourth-order valence-electron chi connectivity index (χ4n) is 1.78. The molecule has 4 nitrogen and oxygen atoms in total. The lowest BCUT2D eigenvalue weighted by molar-refractivity contribution is 0.102. The Morgan fingerprint density at radius 3 is 2.65 bits per heavy atom. The van der Waals surface area contributed by atoms with E-state index in [0.29, 0.717) is 27.2 Å². The van der Waals surface area contributed by atoms with Crippen LogP contribution in [0.5, 0.6) is 5.75 Å². The Kier molecular flexibility index (Phi) is 4.29. The number of rotatable bonds is 3. The van der Waals surface area contributed by atoms with Crippen molar-refractivity contribution >= 4 is 33.2 Å². The van der Waals surface area contributed by atoms with E-state index in [1.54, 1.807) is 25.3 Å². The standard InChI is InChI=1S/C15H15BrN2O2/c1-9-3-6-14(20-2)13(7-9)18-15(19)10-4-5-12(17)11(16)8-10/h3-8H,17H2,1-2H3,(H,18,19). The molecule has 0 saturated carbocycles. The lowest BCUT2D eigenvalue weighted by atomic mass is 10.1. The number of ether oxygens (including phenoxy) is 1. The van der Waals surface area contributed by atoms with Crippen molar-refractivity contribution < 1.29 is 9.53 Å². The highest BCUT2D eigenvalue weighted by Gasteiger charge is 2.11. The Balaban J connectivity index is 2.27. The van der Waals surface area contributed by atoms with Crippen molar-refractivity contribution in [1.29, 1.82) is 0 Å². The number of hydrogen-bond acceptors (Lipinski definition) is 3. The highest BCUT2D eigenvalue weighted by Crippen LogP contribution is 2.26. The molecule has 5 heteroatoms. The predicted molar refractivity (Wildman–Crippen MR) is 84.2 cm³/mol. The smallest absolute Gasteiger partial charge is 0.255 e. The van der Waals surface area contributed by atoms with Crippen LogP contribution < -0.4 is 15.8 Å². The van der Waals surface area contributed by atoms with Crippen molar-refractivity contribution in [3.8, 4) is 5.75 Å². The molecule has 0 aromatic heterocycles. The monoisotopic (exact) mass is 334 g/mol. The third kappa shape index (κ3) is 3.11. The summed E-state index contributed by atoms with van der Waals surface area (Å²) in [7, 11) is 1.57. The summed E-state index contributed by atoms with van der Waals surface area (Å²) in [5, 5.41) is 2.84. The van der Waals surface area contributed by atoms with E-state index < -0.39 is 0 Å². The highest BCUT2D eigenvalue weighted by molar-refractivity contribution is 9.10. The van der Waals surface area contributed by atoms with E-state index in [1.807, 2.05) is 25.1 Å². The van der Waals surface area contributed by atoms with Gasteiger partial charge in [0, 0.05) is 15.7 Å². The number of hydrogen-bond donors (Lipinski definition) is 2. The second-order valence-corrected chi connectivity index (χ2v) is 5.25. The summed E-state index contributed by atoms with van der Waals surface area (Å²) in [6, 6.07) is 10.7. The minimum Gasteiger partial charge on any atom is -0.495 e. The molecule has 0 bridgehead atoms. The van der Waals surface area contributed by atoms with Crippen LogP contribution in [0.2, 0.25) is 0 Å². The molecule has 2 rings (SSSR count). The van der Waals surface area contributed by atoms with E-state index >= 15 is 0 Å². The first-order valence-corrected chi connectivity index (χ1v) is 6.81. The normalized spacial score (nSPS) is 10.2. The minimum absolute atomic E-state index is 0.213. The third-order valence-corrected chi connectivity index (χ3v) is 3.55. The number of nitrogen functional groups attached to an aromatic ring is 1. The number of benzene rings is 2. The van der Waals surface area contributed by atoms with Crippen molar-refractivity contribution in [2.45, 2.75) is 6.92 Å². The summed E-state index contributed by atoms with van der Waals surface area (Å²) < 4.78 is 5.93. The molecule has 3 N–H and O–H groups in total. The molecule has 0 unspecified atom stereocenters. The number of anilines is 2. The molecule has 0 heterocycles. The molecule has 0 atom stereocenters. The second-order valence-electron chi connectivity index (χ2n) is 4.39. The third-order valence-electron chi connectivity index (χ3n) is 2.87.